The van der Waals surface area contributed by atoms with E-state index < -0.39 is 0 Å². The van der Waals surface area contributed by atoms with Crippen LogP contribution >= 0.6 is 0 Å². The summed E-state index contributed by atoms with van der Waals surface area (Å²) in [5, 5.41) is 5.25. The third kappa shape index (κ3) is 5.83. The Balaban J connectivity index is 1.67. The quantitative estimate of drug-likeness (QED) is 0.818. The average Bonchev–Trinajstić information content (AvgIpc) is 2.55. The highest BCUT2D eigenvalue weighted by atomic mass is 19.1. The minimum Gasteiger partial charge on any atom is -0.354 e. The van der Waals surface area contributed by atoms with E-state index in [9.17, 15) is 14.0 Å². The molecule has 0 aliphatic rings. The number of halogens is 1. The molecule has 5 heteroatoms. The minimum atomic E-state index is -0.288. The number of rotatable bonds is 7. The van der Waals surface area contributed by atoms with Crippen molar-refractivity contribution in [2.45, 2.75) is 19.8 Å². The summed E-state index contributed by atoms with van der Waals surface area (Å²) in [5.74, 6) is -0.771. The topological polar surface area (TPSA) is 58.2 Å². The molecule has 2 rings (SSSR count). The van der Waals surface area contributed by atoms with Crippen LogP contribution in [-0.4, -0.2) is 24.9 Å². The first-order valence-corrected chi connectivity index (χ1v) is 7.87. The maximum atomic E-state index is 13.4. The Labute approximate surface area is 141 Å². The van der Waals surface area contributed by atoms with Gasteiger partial charge in [0.25, 0.3) is 0 Å². The molecule has 0 radical (unpaired) electrons. The Morgan fingerprint density at radius 3 is 2.54 bits per heavy atom. The number of nitrogens with one attached hydrogen (secondary N) is 2. The number of benzene rings is 2. The van der Waals surface area contributed by atoms with Gasteiger partial charge in [-0.1, -0.05) is 48.0 Å². The Hall–Kier alpha value is -2.69. The van der Waals surface area contributed by atoms with Gasteiger partial charge in [0.1, 0.15) is 5.82 Å². The van der Waals surface area contributed by atoms with E-state index in [4.69, 9.17) is 0 Å². The first kappa shape index (κ1) is 17.7. The van der Waals surface area contributed by atoms with Crippen molar-refractivity contribution in [1.82, 2.24) is 10.6 Å². The van der Waals surface area contributed by atoms with E-state index in [0.717, 1.165) is 11.1 Å². The fourth-order valence-corrected chi connectivity index (χ4v) is 2.35. The van der Waals surface area contributed by atoms with Crippen LogP contribution in [0.25, 0.3) is 0 Å². The summed E-state index contributed by atoms with van der Waals surface area (Å²) >= 11 is 0. The Kier molecular flexibility index (Phi) is 6.49. The van der Waals surface area contributed by atoms with Gasteiger partial charge in [0.15, 0.2) is 0 Å². The van der Waals surface area contributed by atoms with Gasteiger partial charge in [0.05, 0.1) is 13.0 Å². The van der Waals surface area contributed by atoms with Crippen LogP contribution in [0.3, 0.4) is 0 Å². The van der Waals surface area contributed by atoms with Crippen LogP contribution in [0.2, 0.25) is 0 Å². The van der Waals surface area contributed by atoms with Gasteiger partial charge in [-0.15, -0.1) is 0 Å². The van der Waals surface area contributed by atoms with E-state index in [2.05, 4.69) is 10.6 Å². The van der Waals surface area contributed by atoms with Gasteiger partial charge in [-0.05, 0) is 30.5 Å². The highest BCUT2D eigenvalue weighted by Crippen LogP contribution is 2.06. The third-order valence-corrected chi connectivity index (χ3v) is 3.57. The summed E-state index contributed by atoms with van der Waals surface area (Å²) in [5.41, 5.74) is 2.56. The molecule has 2 N–H and O–H groups in total. The summed E-state index contributed by atoms with van der Waals surface area (Å²) in [7, 11) is 0. The number of hydrogen-bond acceptors (Lipinski definition) is 2. The van der Waals surface area contributed by atoms with Crippen molar-refractivity contribution in [3.8, 4) is 0 Å². The standard InChI is InChI=1S/C19H21FN2O2/c1-14-5-4-6-15(11-14)12-18(23)22-13-19(24)21-10-9-16-7-2-3-8-17(16)20/h2-8,11H,9-10,12-13H2,1H3,(H,21,24)(H,22,23). The maximum Gasteiger partial charge on any atom is 0.239 e. The van der Waals surface area contributed by atoms with Crippen LogP contribution in [0.5, 0.6) is 0 Å². The van der Waals surface area contributed by atoms with Crippen molar-refractivity contribution in [2.24, 2.45) is 0 Å². The summed E-state index contributed by atoms with van der Waals surface area (Å²) in [6.07, 6.45) is 0.653. The van der Waals surface area contributed by atoms with E-state index in [1.54, 1.807) is 18.2 Å². The first-order valence-electron chi connectivity index (χ1n) is 7.87. The second kappa shape index (κ2) is 8.82. The predicted molar refractivity (Wildman–Crippen MR) is 91.0 cm³/mol. The monoisotopic (exact) mass is 328 g/mol. The zero-order valence-electron chi connectivity index (χ0n) is 13.6. The highest BCUT2D eigenvalue weighted by Gasteiger charge is 2.07. The number of carbonyl (C=O) groups excluding carboxylic acids is 2. The number of hydrogen-bond donors (Lipinski definition) is 2. The van der Waals surface area contributed by atoms with E-state index >= 15 is 0 Å². The molecule has 0 heterocycles. The molecule has 24 heavy (non-hydrogen) atoms. The van der Waals surface area contributed by atoms with Crippen molar-refractivity contribution in [1.29, 1.82) is 0 Å². The second-order valence-electron chi connectivity index (χ2n) is 5.63. The molecular weight excluding hydrogens is 307 g/mol. The lowest BCUT2D eigenvalue weighted by atomic mass is 10.1. The lowest BCUT2D eigenvalue weighted by molar-refractivity contribution is -0.125. The van der Waals surface area contributed by atoms with E-state index in [0.29, 0.717) is 18.5 Å². The van der Waals surface area contributed by atoms with E-state index in [-0.39, 0.29) is 30.6 Å². The van der Waals surface area contributed by atoms with Crippen molar-refractivity contribution in [3.05, 3.63) is 71.0 Å². The predicted octanol–water partition coefficient (Wildman–Crippen LogP) is 2.15. The van der Waals surface area contributed by atoms with Gasteiger partial charge in [-0.2, -0.15) is 0 Å². The van der Waals surface area contributed by atoms with Crippen LogP contribution in [0.15, 0.2) is 48.5 Å². The molecule has 0 unspecified atom stereocenters. The zero-order chi connectivity index (χ0) is 17.4. The normalized spacial score (nSPS) is 10.2. The summed E-state index contributed by atoms with van der Waals surface area (Å²) in [6.45, 7) is 2.21. The third-order valence-electron chi connectivity index (χ3n) is 3.57. The number of amides is 2. The second-order valence-corrected chi connectivity index (χ2v) is 5.63. The molecular formula is C19H21FN2O2. The molecule has 0 saturated heterocycles. The fraction of sp³-hybridized carbons (Fsp3) is 0.263. The molecule has 0 aromatic heterocycles. The van der Waals surface area contributed by atoms with Gasteiger partial charge in [0.2, 0.25) is 11.8 Å². The van der Waals surface area contributed by atoms with Crippen molar-refractivity contribution in [2.75, 3.05) is 13.1 Å². The lowest BCUT2D eigenvalue weighted by Crippen LogP contribution is -2.38. The zero-order valence-corrected chi connectivity index (χ0v) is 13.6. The average molecular weight is 328 g/mol. The van der Waals surface area contributed by atoms with E-state index in [1.807, 2.05) is 31.2 Å². The molecule has 2 amide bonds. The molecule has 0 atom stereocenters. The van der Waals surface area contributed by atoms with Crippen molar-refractivity contribution < 1.29 is 14.0 Å². The highest BCUT2D eigenvalue weighted by molar-refractivity contribution is 5.85. The Morgan fingerprint density at radius 1 is 1.00 bits per heavy atom. The molecule has 0 saturated carbocycles. The number of aryl methyl sites for hydroxylation is 1. The van der Waals surface area contributed by atoms with Crippen molar-refractivity contribution >= 4 is 11.8 Å². The molecule has 126 valence electrons. The fourth-order valence-electron chi connectivity index (χ4n) is 2.35. The van der Waals surface area contributed by atoms with Gasteiger partial charge in [-0.25, -0.2) is 4.39 Å². The molecule has 0 aliphatic carbocycles. The van der Waals surface area contributed by atoms with Crippen LogP contribution < -0.4 is 10.6 Å². The number of carbonyl (C=O) groups is 2. The SMILES string of the molecule is Cc1cccc(CC(=O)NCC(=O)NCCc2ccccc2F)c1. The molecule has 0 fully saturated rings. The van der Waals surface area contributed by atoms with Crippen LogP contribution in [0, 0.1) is 12.7 Å². The van der Waals surface area contributed by atoms with Crippen LogP contribution in [0.4, 0.5) is 4.39 Å². The van der Waals surface area contributed by atoms with Crippen LogP contribution in [0.1, 0.15) is 16.7 Å². The van der Waals surface area contributed by atoms with Gasteiger partial charge in [0, 0.05) is 6.54 Å². The summed E-state index contributed by atoms with van der Waals surface area (Å²) in [6, 6.07) is 14.1. The van der Waals surface area contributed by atoms with Gasteiger partial charge >= 0.3 is 0 Å². The maximum absolute atomic E-state index is 13.4. The molecule has 0 aliphatic heterocycles. The van der Waals surface area contributed by atoms with Gasteiger partial charge < -0.3 is 10.6 Å². The van der Waals surface area contributed by atoms with Crippen molar-refractivity contribution in [3.63, 3.8) is 0 Å². The summed E-state index contributed by atoms with van der Waals surface area (Å²) in [4.78, 5) is 23.5. The van der Waals surface area contributed by atoms with Gasteiger partial charge in [-0.3, -0.25) is 9.59 Å². The lowest BCUT2D eigenvalue weighted by Gasteiger charge is -2.08. The Bertz CT molecular complexity index is 716. The molecule has 4 nitrogen and oxygen atoms in total. The van der Waals surface area contributed by atoms with Crippen LogP contribution in [-0.2, 0) is 22.4 Å². The smallest absolute Gasteiger partial charge is 0.239 e. The molecule has 0 spiro atoms. The molecule has 2 aromatic carbocycles. The largest absolute Gasteiger partial charge is 0.354 e. The molecule has 0 bridgehead atoms. The summed E-state index contributed by atoms with van der Waals surface area (Å²) < 4.78 is 13.4. The first-order chi connectivity index (χ1) is 11.5. The van der Waals surface area contributed by atoms with E-state index in [1.165, 1.54) is 6.07 Å². The minimum absolute atomic E-state index is 0.0814. The molecule has 2 aromatic rings. The Morgan fingerprint density at radius 2 is 1.79 bits per heavy atom.